The van der Waals surface area contributed by atoms with Gasteiger partial charge in [0.25, 0.3) is 0 Å². The first-order valence-corrected chi connectivity index (χ1v) is 29.7. The zero-order valence-electron chi connectivity index (χ0n) is 47.1. The van der Waals surface area contributed by atoms with E-state index in [9.17, 15) is 14.4 Å². The highest BCUT2D eigenvalue weighted by Crippen LogP contribution is 2.14. The van der Waals surface area contributed by atoms with Crippen LogP contribution in [0.25, 0.3) is 0 Å². The largest absolute Gasteiger partial charge is 0.462 e. The fourth-order valence-corrected chi connectivity index (χ4v) is 7.75. The number of carbonyl (C=O) groups excluding carboxylic acids is 3. The zero-order valence-corrected chi connectivity index (χ0v) is 47.1. The molecule has 0 rings (SSSR count). The lowest BCUT2D eigenvalue weighted by molar-refractivity contribution is -0.166. The predicted octanol–water partition coefficient (Wildman–Crippen LogP) is 20.2. The van der Waals surface area contributed by atoms with E-state index in [-0.39, 0.29) is 31.6 Å². The molecule has 0 spiro atoms. The van der Waals surface area contributed by atoms with Gasteiger partial charge < -0.3 is 14.2 Å². The summed E-state index contributed by atoms with van der Waals surface area (Å²) in [7, 11) is 0. The van der Waals surface area contributed by atoms with Crippen molar-refractivity contribution in [3.63, 3.8) is 0 Å². The average Bonchev–Trinajstić information content (AvgIpc) is 3.39. The van der Waals surface area contributed by atoms with Crippen molar-refractivity contribution in [2.75, 3.05) is 13.2 Å². The average molecular weight is 1010 g/mol. The van der Waals surface area contributed by atoms with Crippen molar-refractivity contribution in [3.05, 3.63) is 134 Å². The molecule has 1 unspecified atom stereocenters. The van der Waals surface area contributed by atoms with Gasteiger partial charge in [0.15, 0.2) is 6.10 Å². The third kappa shape index (κ3) is 58.3. The van der Waals surface area contributed by atoms with Crippen LogP contribution in [0.4, 0.5) is 0 Å². The van der Waals surface area contributed by atoms with Crippen LogP contribution in [-0.2, 0) is 28.6 Å². The van der Waals surface area contributed by atoms with Crippen molar-refractivity contribution in [2.45, 2.75) is 258 Å². The Kier molecular flexibility index (Phi) is 56.4. The van der Waals surface area contributed by atoms with E-state index >= 15 is 0 Å². The van der Waals surface area contributed by atoms with Crippen molar-refractivity contribution in [3.8, 4) is 0 Å². The lowest BCUT2D eigenvalue weighted by Crippen LogP contribution is -2.30. The quantitative estimate of drug-likeness (QED) is 0.0261. The molecule has 73 heavy (non-hydrogen) atoms. The second-order valence-corrected chi connectivity index (χ2v) is 19.1. The summed E-state index contributed by atoms with van der Waals surface area (Å²) in [5, 5.41) is 0. The number of esters is 3. The summed E-state index contributed by atoms with van der Waals surface area (Å²) in [5.74, 6) is -1.02. The zero-order chi connectivity index (χ0) is 52.9. The molecule has 0 radical (unpaired) electrons. The van der Waals surface area contributed by atoms with E-state index in [0.717, 1.165) is 122 Å². The van der Waals surface area contributed by atoms with Crippen LogP contribution in [-0.4, -0.2) is 37.2 Å². The third-order valence-electron chi connectivity index (χ3n) is 12.1. The number of unbranched alkanes of at least 4 members (excludes halogenated alkanes) is 19. The van der Waals surface area contributed by atoms with Crippen LogP contribution in [0.2, 0.25) is 0 Å². The number of hydrogen-bond donors (Lipinski definition) is 0. The fraction of sp³-hybridized carbons (Fsp3) is 0.627. The van der Waals surface area contributed by atoms with Crippen molar-refractivity contribution in [1.82, 2.24) is 0 Å². The van der Waals surface area contributed by atoms with Gasteiger partial charge in [-0.05, 0) is 122 Å². The van der Waals surface area contributed by atoms with Crippen LogP contribution in [0.15, 0.2) is 134 Å². The van der Waals surface area contributed by atoms with E-state index < -0.39 is 12.1 Å². The topological polar surface area (TPSA) is 78.9 Å². The summed E-state index contributed by atoms with van der Waals surface area (Å²) in [6.45, 7) is 6.33. The van der Waals surface area contributed by atoms with Crippen LogP contribution in [0.3, 0.4) is 0 Å². The molecule has 0 saturated carbocycles. The van der Waals surface area contributed by atoms with Gasteiger partial charge in [-0.3, -0.25) is 14.4 Å². The van der Waals surface area contributed by atoms with E-state index in [1.165, 1.54) is 83.5 Å². The first kappa shape index (κ1) is 68.6. The molecule has 6 heteroatoms. The second-order valence-electron chi connectivity index (χ2n) is 19.1. The monoisotopic (exact) mass is 1010 g/mol. The SMILES string of the molecule is CC/C=C\C/C=C\C/C=C\C/C=C\C/C=C\C/C=C\CCC(=O)OC(COC(=O)CCCCCCC/C=C\CCCCCCCC)COC(=O)CCCCCCCCCC/C=C\C/C=C\C/C=C\C/C=C\CC. The third-order valence-corrected chi connectivity index (χ3v) is 12.1. The molecule has 1 atom stereocenters. The van der Waals surface area contributed by atoms with Gasteiger partial charge in [-0.1, -0.05) is 244 Å². The second kappa shape index (κ2) is 60.1. The van der Waals surface area contributed by atoms with Crippen molar-refractivity contribution >= 4 is 17.9 Å². The Labute approximate surface area is 449 Å². The Morgan fingerprint density at radius 3 is 0.904 bits per heavy atom. The Balaban J connectivity index is 4.53. The molecule has 0 fully saturated rings. The molecular weight excluding hydrogens is 901 g/mol. The van der Waals surface area contributed by atoms with Crippen LogP contribution >= 0.6 is 0 Å². The molecule has 0 aromatic carbocycles. The molecule has 0 N–H and O–H groups in total. The Bertz CT molecular complexity index is 1580. The molecule has 0 aliphatic carbocycles. The summed E-state index contributed by atoms with van der Waals surface area (Å²) in [4.78, 5) is 38.2. The van der Waals surface area contributed by atoms with E-state index in [2.05, 4.69) is 142 Å². The number of carbonyl (C=O) groups is 3. The minimum absolute atomic E-state index is 0.119. The van der Waals surface area contributed by atoms with E-state index in [1.54, 1.807) is 0 Å². The number of ether oxygens (including phenoxy) is 3. The molecule has 0 aromatic heterocycles. The van der Waals surface area contributed by atoms with Gasteiger partial charge >= 0.3 is 17.9 Å². The fourth-order valence-electron chi connectivity index (χ4n) is 7.75. The highest BCUT2D eigenvalue weighted by atomic mass is 16.6. The lowest BCUT2D eigenvalue weighted by Gasteiger charge is -2.18. The Morgan fingerprint density at radius 1 is 0.288 bits per heavy atom. The standard InChI is InChI=1S/C67H108O6/c1-4-7-10-13-16-19-22-25-28-30-32-33-35-36-39-42-45-48-51-54-57-60-66(69)72-63-64(62-71-65(68)59-56-53-50-47-44-41-38-27-24-21-18-15-12-9-6-3)73-67(70)61-58-55-52-49-46-43-40-37-34-31-29-26-23-20-17-14-11-8-5-2/h7-8,10-11,16-17,19-20,25-29,32-34,37-38,43,46,52,55,64H,4-6,9,12-15,18,21-24,30-31,35-36,39-42,44-45,47-51,53-54,56-63H2,1-3H3/b10-7-,11-8-,19-16-,20-17-,28-25-,29-26-,33-32-,37-34-,38-27-,46-43-,55-52-. The predicted molar refractivity (Wildman–Crippen MR) is 316 cm³/mol. The van der Waals surface area contributed by atoms with Gasteiger partial charge in [-0.15, -0.1) is 0 Å². The molecule has 0 saturated heterocycles. The molecule has 412 valence electrons. The lowest BCUT2D eigenvalue weighted by atomic mass is 10.1. The van der Waals surface area contributed by atoms with Crippen LogP contribution in [0.5, 0.6) is 0 Å². The smallest absolute Gasteiger partial charge is 0.306 e. The van der Waals surface area contributed by atoms with Gasteiger partial charge in [0, 0.05) is 19.3 Å². The van der Waals surface area contributed by atoms with Crippen molar-refractivity contribution in [1.29, 1.82) is 0 Å². The number of allylic oxidation sites excluding steroid dienone is 22. The summed E-state index contributed by atoms with van der Waals surface area (Å²) in [5.41, 5.74) is 0. The van der Waals surface area contributed by atoms with E-state index in [0.29, 0.717) is 19.3 Å². The molecular formula is C67H108O6. The number of hydrogen-bond acceptors (Lipinski definition) is 6. The Morgan fingerprint density at radius 2 is 0.562 bits per heavy atom. The van der Waals surface area contributed by atoms with Crippen molar-refractivity contribution < 1.29 is 28.6 Å². The van der Waals surface area contributed by atoms with E-state index in [4.69, 9.17) is 14.2 Å². The van der Waals surface area contributed by atoms with Gasteiger partial charge in [-0.25, -0.2) is 0 Å². The minimum atomic E-state index is -0.831. The molecule has 0 aliphatic rings. The van der Waals surface area contributed by atoms with E-state index in [1.807, 2.05) is 12.2 Å². The maximum absolute atomic E-state index is 12.8. The van der Waals surface area contributed by atoms with Crippen molar-refractivity contribution in [2.24, 2.45) is 0 Å². The van der Waals surface area contributed by atoms with Gasteiger partial charge in [-0.2, -0.15) is 0 Å². The molecule has 6 nitrogen and oxygen atoms in total. The van der Waals surface area contributed by atoms with Crippen LogP contribution < -0.4 is 0 Å². The van der Waals surface area contributed by atoms with Crippen LogP contribution in [0, 0.1) is 0 Å². The Hall–Kier alpha value is -4.45. The minimum Gasteiger partial charge on any atom is -0.462 e. The maximum Gasteiger partial charge on any atom is 0.306 e. The first-order valence-electron chi connectivity index (χ1n) is 29.7. The van der Waals surface area contributed by atoms with Gasteiger partial charge in [0.05, 0.1) is 0 Å². The molecule has 0 amide bonds. The molecule has 0 bridgehead atoms. The molecule has 0 aliphatic heterocycles. The summed E-state index contributed by atoms with van der Waals surface area (Å²) >= 11 is 0. The summed E-state index contributed by atoms with van der Waals surface area (Å²) in [6.07, 6.45) is 84.5. The molecule has 0 aromatic rings. The first-order chi connectivity index (χ1) is 36.0. The highest BCUT2D eigenvalue weighted by molar-refractivity contribution is 5.71. The maximum atomic E-state index is 12.8. The van der Waals surface area contributed by atoms with Crippen LogP contribution in [0.1, 0.15) is 252 Å². The molecule has 0 heterocycles. The summed E-state index contributed by atoms with van der Waals surface area (Å²) < 4.78 is 16.8. The highest BCUT2D eigenvalue weighted by Gasteiger charge is 2.19. The summed E-state index contributed by atoms with van der Waals surface area (Å²) in [6, 6.07) is 0. The number of rotatable bonds is 52. The normalized spacial score (nSPS) is 13.1. The van der Waals surface area contributed by atoms with Gasteiger partial charge in [0.2, 0.25) is 0 Å². The van der Waals surface area contributed by atoms with Gasteiger partial charge in [0.1, 0.15) is 13.2 Å².